The van der Waals surface area contributed by atoms with E-state index in [1.807, 2.05) is 0 Å². The van der Waals surface area contributed by atoms with E-state index in [1.54, 1.807) is 47.4 Å². The Hall–Kier alpha value is -1.30. The van der Waals surface area contributed by atoms with Crippen LogP contribution in [0.5, 0.6) is 0 Å². The highest BCUT2D eigenvalue weighted by atomic mass is 31.2. The highest BCUT2D eigenvalue weighted by molar-refractivity contribution is 7.58. The molecular formula is C10H13N3O3P+. The molecule has 0 saturated carbocycles. The smallest absolute Gasteiger partial charge is 0.286 e. The van der Waals surface area contributed by atoms with E-state index in [0.29, 0.717) is 5.56 Å². The predicted octanol–water partition coefficient (Wildman–Crippen LogP) is 0.569. The molecule has 1 atom stereocenters. The Labute approximate surface area is 98.5 Å². The summed E-state index contributed by atoms with van der Waals surface area (Å²) in [7, 11) is -4.05. The molecule has 6 nitrogen and oxygen atoms in total. The summed E-state index contributed by atoms with van der Waals surface area (Å²) in [5.41, 5.74) is 6.80. The van der Waals surface area contributed by atoms with Crippen molar-refractivity contribution in [1.82, 2.24) is 9.78 Å². The van der Waals surface area contributed by atoms with Crippen LogP contribution in [0, 0.1) is 0 Å². The molecule has 0 bridgehead atoms. The summed E-state index contributed by atoms with van der Waals surface area (Å²) in [6, 6.07) is 8.51. The highest BCUT2D eigenvalue weighted by Gasteiger charge is 2.40. The molecule has 0 radical (unpaired) electrons. The van der Waals surface area contributed by atoms with Crippen LogP contribution in [-0.2, 0) is 0 Å². The van der Waals surface area contributed by atoms with Crippen molar-refractivity contribution in [2.24, 2.45) is 5.73 Å². The largest absolute Gasteiger partial charge is 0.426 e. The molecule has 0 spiro atoms. The van der Waals surface area contributed by atoms with E-state index in [1.165, 1.54) is 0 Å². The first-order valence-corrected chi connectivity index (χ1v) is 6.62. The van der Waals surface area contributed by atoms with Gasteiger partial charge in [0.15, 0.2) is 0 Å². The van der Waals surface area contributed by atoms with Gasteiger partial charge in [0.1, 0.15) is 0 Å². The molecule has 0 aliphatic heterocycles. The number of nitrogens with two attached hydrogens (primary N) is 1. The number of aromatic nitrogens is 2. The number of hydrogen-bond donors (Lipinski definition) is 4. The molecule has 1 aromatic carbocycles. The van der Waals surface area contributed by atoms with Crippen molar-refractivity contribution >= 4 is 7.94 Å². The van der Waals surface area contributed by atoms with Crippen LogP contribution in [0.4, 0.5) is 0 Å². The normalized spacial score (nSPS) is 13.6. The van der Waals surface area contributed by atoms with Crippen LogP contribution in [0.25, 0.3) is 5.69 Å². The second-order valence-corrected chi connectivity index (χ2v) is 5.39. The third-order valence-electron chi connectivity index (χ3n) is 2.38. The summed E-state index contributed by atoms with van der Waals surface area (Å²) < 4.78 is 1.66. The van der Waals surface area contributed by atoms with Crippen molar-refractivity contribution in [1.29, 1.82) is 0 Å². The third-order valence-corrected chi connectivity index (χ3v) is 3.42. The molecule has 0 saturated heterocycles. The zero-order chi connectivity index (χ0) is 12.5. The number of nitrogens with zero attached hydrogens (tertiary/aromatic N) is 2. The van der Waals surface area contributed by atoms with Gasteiger partial charge in [-0.15, -0.1) is 0 Å². The standard InChI is InChI=1S/C10H13N3O3P/c11-10(17(14,15)16)8-2-4-9(5-3-8)13-7-1-6-12-13/h1-7,10,14-16H,11H2/q+1/t10-/m1/s1. The van der Waals surface area contributed by atoms with Crippen molar-refractivity contribution in [2.75, 3.05) is 0 Å². The molecule has 2 aromatic rings. The van der Waals surface area contributed by atoms with Gasteiger partial charge in [-0.05, 0) is 18.2 Å². The van der Waals surface area contributed by atoms with Gasteiger partial charge in [-0.2, -0.15) is 19.8 Å². The first-order chi connectivity index (χ1) is 7.98. The Morgan fingerprint density at radius 2 is 1.82 bits per heavy atom. The fourth-order valence-corrected chi connectivity index (χ4v) is 2.02. The summed E-state index contributed by atoms with van der Waals surface area (Å²) in [6.45, 7) is 0. The maximum atomic E-state index is 9.07. The Balaban J connectivity index is 2.25. The van der Waals surface area contributed by atoms with E-state index < -0.39 is 13.7 Å². The van der Waals surface area contributed by atoms with Gasteiger partial charge in [0.25, 0.3) is 0 Å². The maximum absolute atomic E-state index is 9.07. The average Bonchev–Trinajstić information content (AvgIpc) is 2.80. The monoisotopic (exact) mass is 254 g/mol. The van der Waals surface area contributed by atoms with Gasteiger partial charge in [0.2, 0.25) is 5.78 Å². The minimum Gasteiger partial charge on any atom is -0.286 e. The van der Waals surface area contributed by atoms with E-state index in [-0.39, 0.29) is 0 Å². The first-order valence-electron chi connectivity index (χ1n) is 4.91. The van der Waals surface area contributed by atoms with Gasteiger partial charge < -0.3 is 0 Å². The molecule has 0 aliphatic carbocycles. The van der Waals surface area contributed by atoms with Crippen LogP contribution in [0.1, 0.15) is 11.3 Å². The molecule has 90 valence electrons. The van der Waals surface area contributed by atoms with E-state index in [9.17, 15) is 0 Å². The highest BCUT2D eigenvalue weighted by Crippen LogP contribution is 2.56. The number of benzene rings is 1. The average molecular weight is 254 g/mol. The Morgan fingerprint density at radius 3 is 2.29 bits per heavy atom. The van der Waals surface area contributed by atoms with Gasteiger partial charge in [0, 0.05) is 18.0 Å². The van der Waals surface area contributed by atoms with Gasteiger partial charge in [-0.1, -0.05) is 12.1 Å². The van der Waals surface area contributed by atoms with Crippen LogP contribution in [0.2, 0.25) is 0 Å². The molecule has 0 aliphatic rings. The van der Waals surface area contributed by atoms with Gasteiger partial charge in [-0.25, -0.2) is 4.68 Å². The van der Waals surface area contributed by atoms with Crippen molar-refractivity contribution in [3.05, 3.63) is 48.3 Å². The zero-order valence-corrected chi connectivity index (χ0v) is 9.77. The summed E-state index contributed by atoms with van der Waals surface area (Å²) in [5, 5.41) is 4.05. The van der Waals surface area contributed by atoms with Crippen LogP contribution in [-0.4, -0.2) is 24.5 Å². The summed E-state index contributed by atoms with van der Waals surface area (Å²) >= 11 is 0. The van der Waals surface area contributed by atoms with Crippen LogP contribution in [0.15, 0.2) is 42.7 Å². The summed E-state index contributed by atoms with van der Waals surface area (Å²) in [6.07, 6.45) is 3.45. The number of rotatable bonds is 3. The molecule has 2 rings (SSSR count). The Kier molecular flexibility index (Phi) is 3.24. The molecule has 0 fully saturated rings. The molecule has 0 amide bonds. The van der Waals surface area contributed by atoms with Gasteiger partial charge in [-0.3, -0.25) is 5.73 Å². The van der Waals surface area contributed by atoms with Gasteiger partial charge >= 0.3 is 7.94 Å². The lowest BCUT2D eigenvalue weighted by Crippen LogP contribution is -2.14. The van der Waals surface area contributed by atoms with E-state index in [2.05, 4.69) is 5.10 Å². The minimum absolute atomic E-state index is 0.460. The predicted molar refractivity (Wildman–Crippen MR) is 64.1 cm³/mol. The molecule has 7 heteroatoms. The van der Waals surface area contributed by atoms with Crippen molar-refractivity contribution in [3.8, 4) is 5.69 Å². The van der Waals surface area contributed by atoms with E-state index >= 15 is 0 Å². The Bertz CT molecular complexity index is 478. The quantitative estimate of drug-likeness (QED) is 0.599. The van der Waals surface area contributed by atoms with E-state index in [0.717, 1.165) is 5.69 Å². The lowest BCUT2D eigenvalue weighted by molar-refractivity contribution is 0.316. The van der Waals surface area contributed by atoms with Crippen molar-refractivity contribution < 1.29 is 14.7 Å². The van der Waals surface area contributed by atoms with E-state index in [4.69, 9.17) is 20.4 Å². The molecule has 1 aromatic heterocycles. The molecule has 5 N–H and O–H groups in total. The molecule has 0 unspecified atom stereocenters. The van der Waals surface area contributed by atoms with Crippen molar-refractivity contribution in [3.63, 3.8) is 0 Å². The summed E-state index contributed by atoms with van der Waals surface area (Å²) in [4.78, 5) is 27.2. The maximum Gasteiger partial charge on any atom is 0.426 e. The molecule has 17 heavy (non-hydrogen) atoms. The Morgan fingerprint density at radius 1 is 1.18 bits per heavy atom. The third kappa shape index (κ3) is 2.69. The first kappa shape index (κ1) is 12.2. The zero-order valence-electron chi connectivity index (χ0n) is 8.88. The minimum atomic E-state index is -4.05. The van der Waals surface area contributed by atoms with Gasteiger partial charge in [0.05, 0.1) is 5.69 Å². The number of hydrogen-bond acceptors (Lipinski definition) is 5. The lowest BCUT2D eigenvalue weighted by atomic mass is 10.2. The fraction of sp³-hybridized carbons (Fsp3) is 0.100. The fourth-order valence-electron chi connectivity index (χ4n) is 1.45. The summed E-state index contributed by atoms with van der Waals surface area (Å²) in [5.74, 6) is -1.17. The molecular weight excluding hydrogens is 241 g/mol. The topological polar surface area (TPSA) is 105 Å². The SMILES string of the molecule is N[C@@H](c1ccc(-n2cccn2)cc1)[P+](O)(O)O. The second kappa shape index (κ2) is 4.52. The van der Waals surface area contributed by atoms with Crippen LogP contribution < -0.4 is 5.73 Å². The van der Waals surface area contributed by atoms with Crippen LogP contribution in [0.3, 0.4) is 0 Å². The lowest BCUT2D eigenvalue weighted by Gasteiger charge is -2.13. The van der Waals surface area contributed by atoms with Crippen LogP contribution >= 0.6 is 7.94 Å². The molecule has 1 heterocycles. The van der Waals surface area contributed by atoms with Crippen molar-refractivity contribution in [2.45, 2.75) is 5.78 Å². The second-order valence-electron chi connectivity index (χ2n) is 3.60.